The van der Waals surface area contributed by atoms with Crippen molar-refractivity contribution in [2.45, 2.75) is 6.92 Å². The molecule has 0 fully saturated rings. The topological polar surface area (TPSA) is 83.6 Å². The minimum atomic E-state index is -0.957. The van der Waals surface area contributed by atoms with E-state index in [1.807, 2.05) is 0 Å². The van der Waals surface area contributed by atoms with Crippen molar-refractivity contribution in [1.29, 1.82) is 0 Å². The van der Waals surface area contributed by atoms with Crippen LogP contribution in [0.1, 0.15) is 17.4 Å². The molecular formula is C15H15ClN2O4. The number of carboxylic acid groups (broad SMARTS) is 1. The second-order valence-corrected chi connectivity index (χ2v) is 5.44. The Bertz CT molecular complexity index is 681. The third-order valence-electron chi connectivity index (χ3n) is 3.17. The molecule has 1 heterocycles. The Morgan fingerprint density at radius 2 is 2.00 bits per heavy atom. The average molecular weight is 323 g/mol. The normalized spacial score (nSPS) is 12.0. The van der Waals surface area contributed by atoms with Gasteiger partial charge in [-0.15, -0.1) is 0 Å². The van der Waals surface area contributed by atoms with Gasteiger partial charge in [0.1, 0.15) is 0 Å². The molecule has 0 spiro atoms. The van der Waals surface area contributed by atoms with E-state index in [9.17, 15) is 9.59 Å². The first-order valence-electron chi connectivity index (χ1n) is 6.59. The molecule has 1 aromatic heterocycles. The van der Waals surface area contributed by atoms with Crippen LogP contribution in [0.15, 0.2) is 34.9 Å². The zero-order chi connectivity index (χ0) is 16.3. The second-order valence-electron chi connectivity index (χ2n) is 5.01. The summed E-state index contributed by atoms with van der Waals surface area (Å²) in [5.74, 6) is -1.56. The SMILES string of the molecule is CC(CN(C)C(=O)c1cc(-c2ccc(Cl)cc2)on1)C(=O)O. The zero-order valence-electron chi connectivity index (χ0n) is 12.1. The van der Waals surface area contributed by atoms with Crippen LogP contribution in [0.2, 0.25) is 5.02 Å². The van der Waals surface area contributed by atoms with Crippen LogP contribution >= 0.6 is 11.6 Å². The highest BCUT2D eigenvalue weighted by Gasteiger charge is 2.21. The van der Waals surface area contributed by atoms with E-state index < -0.39 is 17.8 Å². The summed E-state index contributed by atoms with van der Waals surface area (Å²) in [6, 6.07) is 8.46. The zero-order valence-corrected chi connectivity index (χ0v) is 12.9. The Kier molecular flexibility index (Phi) is 4.82. The molecule has 1 atom stereocenters. The van der Waals surface area contributed by atoms with Crippen LogP contribution in [0.4, 0.5) is 0 Å². The number of aliphatic carboxylic acids is 1. The molecule has 0 radical (unpaired) electrons. The Hall–Kier alpha value is -2.34. The Labute approximate surface area is 132 Å². The first kappa shape index (κ1) is 16.0. The van der Waals surface area contributed by atoms with E-state index in [1.54, 1.807) is 24.3 Å². The first-order valence-corrected chi connectivity index (χ1v) is 6.97. The number of carbonyl (C=O) groups is 2. The summed E-state index contributed by atoms with van der Waals surface area (Å²) in [6.45, 7) is 1.63. The molecule has 0 aliphatic carbocycles. The minimum absolute atomic E-state index is 0.0945. The van der Waals surface area contributed by atoms with Gasteiger partial charge in [0.25, 0.3) is 5.91 Å². The van der Waals surface area contributed by atoms with Gasteiger partial charge in [-0.1, -0.05) is 23.7 Å². The molecule has 1 amide bonds. The standard InChI is InChI=1S/C15H15ClN2O4/c1-9(15(20)21)8-18(2)14(19)12-7-13(22-17-12)10-3-5-11(16)6-4-10/h3-7,9H,8H2,1-2H3,(H,20,21). The smallest absolute Gasteiger partial charge is 0.308 e. The number of nitrogens with zero attached hydrogens (tertiary/aromatic N) is 2. The number of carboxylic acids is 1. The van der Waals surface area contributed by atoms with Gasteiger partial charge < -0.3 is 14.5 Å². The lowest BCUT2D eigenvalue weighted by Gasteiger charge is -2.17. The number of amides is 1. The first-order chi connectivity index (χ1) is 10.4. The molecule has 0 bridgehead atoms. The van der Waals surface area contributed by atoms with E-state index in [2.05, 4.69) is 5.16 Å². The van der Waals surface area contributed by atoms with E-state index in [4.69, 9.17) is 21.2 Å². The number of hydrogen-bond acceptors (Lipinski definition) is 4. The van der Waals surface area contributed by atoms with Gasteiger partial charge in [0.05, 0.1) is 5.92 Å². The van der Waals surface area contributed by atoms with Crippen LogP contribution < -0.4 is 0 Å². The van der Waals surface area contributed by atoms with Crippen molar-refractivity contribution in [3.8, 4) is 11.3 Å². The predicted octanol–water partition coefficient (Wildman–Crippen LogP) is 2.79. The van der Waals surface area contributed by atoms with Gasteiger partial charge in [-0.25, -0.2) is 0 Å². The molecular weight excluding hydrogens is 308 g/mol. The highest BCUT2D eigenvalue weighted by atomic mass is 35.5. The molecule has 1 aromatic carbocycles. The molecule has 0 aliphatic heterocycles. The number of rotatable bonds is 5. The predicted molar refractivity (Wildman–Crippen MR) is 80.7 cm³/mol. The van der Waals surface area contributed by atoms with Crippen LogP contribution in [-0.2, 0) is 4.79 Å². The van der Waals surface area contributed by atoms with Gasteiger partial charge in [-0.05, 0) is 24.3 Å². The van der Waals surface area contributed by atoms with Crippen molar-refractivity contribution >= 4 is 23.5 Å². The molecule has 2 aromatic rings. The maximum atomic E-state index is 12.2. The highest BCUT2D eigenvalue weighted by molar-refractivity contribution is 6.30. The van der Waals surface area contributed by atoms with Crippen molar-refractivity contribution in [1.82, 2.24) is 10.1 Å². The molecule has 7 heteroatoms. The Morgan fingerprint density at radius 3 is 2.59 bits per heavy atom. The van der Waals surface area contributed by atoms with Gasteiger partial charge in [0, 0.05) is 30.2 Å². The van der Waals surface area contributed by atoms with E-state index in [1.165, 1.54) is 24.9 Å². The second kappa shape index (κ2) is 6.62. The lowest BCUT2D eigenvalue weighted by Crippen LogP contribution is -2.33. The molecule has 116 valence electrons. The Morgan fingerprint density at radius 1 is 1.36 bits per heavy atom. The monoisotopic (exact) mass is 322 g/mol. The van der Waals surface area contributed by atoms with Crippen LogP contribution in [0.3, 0.4) is 0 Å². The van der Waals surface area contributed by atoms with Crippen LogP contribution in [0.5, 0.6) is 0 Å². The number of benzene rings is 1. The lowest BCUT2D eigenvalue weighted by atomic mass is 10.1. The highest BCUT2D eigenvalue weighted by Crippen LogP contribution is 2.22. The largest absolute Gasteiger partial charge is 0.481 e. The number of aromatic nitrogens is 1. The fraction of sp³-hybridized carbons (Fsp3) is 0.267. The van der Waals surface area contributed by atoms with Gasteiger partial charge in [-0.3, -0.25) is 9.59 Å². The minimum Gasteiger partial charge on any atom is -0.481 e. The third kappa shape index (κ3) is 3.65. The maximum Gasteiger partial charge on any atom is 0.308 e. The lowest BCUT2D eigenvalue weighted by molar-refractivity contribution is -0.141. The molecule has 1 unspecified atom stereocenters. The molecule has 0 saturated carbocycles. The summed E-state index contributed by atoms with van der Waals surface area (Å²) in [4.78, 5) is 24.3. The van der Waals surface area contributed by atoms with Crippen LogP contribution in [0, 0.1) is 5.92 Å². The van der Waals surface area contributed by atoms with E-state index in [-0.39, 0.29) is 12.2 Å². The van der Waals surface area contributed by atoms with E-state index in [0.717, 1.165) is 5.56 Å². The number of carbonyl (C=O) groups excluding carboxylic acids is 1. The summed E-state index contributed by atoms with van der Waals surface area (Å²) in [5, 5.41) is 13.2. The third-order valence-corrected chi connectivity index (χ3v) is 3.43. The molecule has 0 aliphatic rings. The quantitative estimate of drug-likeness (QED) is 0.915. The molecule has 0 saturated heterocycles. The van der Waals surface area contributed by atoms with E-state index >= 15 is 0 Å². The summed E-state index contributed by atoms with van der Waals surface area (Å²) >= 11 is 5.82. The fourth-order valence-electron chi connectivity index (χ4n) is 1.89. The van der Waals surface area contributed by atoms with Gasteiger partial charge in [-0.2, -0.15) is 0 Å². The van der Waals surface area contributed by atoms with Gasteiger partial charge >= 0.3 is 5.97 Å². The molecule has 6 nitrogen and oxygen atoms in total. The fourth-order valence-corrected chi connectivity index (χ4v) is 2.02. The average Bonchev–Trinajstić information content (AvgIpc) is 2.96. The van der Waals surface area contributed by atoms with Crippen LogP contribution in [0.25, 0.3) is 11.3 Å². The summed E-state index contributed by atoms with van der Waals surface area (Å²) in [5.41, 5.74) is 0.877. The van der Waals surface area contributed by atoms with Gasteiger partial charge in [0.15, 0.2) is 11.5 Å². The molecule has 2 rings (SSSR count). The van der Waals surface area contributed by atoms with E-state index in [0.29, 0.717) is 10.8 Å². The van der Waals surface area contributed by atoms with Crippen molar-refractivity contribution in [3.05, 3.63) is 41.0 Å². The maximum absolute atomic E-state index is 12.2. The van der Waals surface area contributed by atoms with Crippen molar-refractivity contribution in [2.24, 2.45) is 5.92 Å². The number of hydrogen-bond donors (Lipinski definition) is 1. The summed E-state index contributed by atoms with van der Waals surface area (Å²) in [7, 11) is 1.53. The van der Waals surface area contributed by atoms with Crippen molar-refractivity contribution in [2.75, 3.05) is 13.6 Å². The van der Waals surface area contributed by atoms with Gasteiger partial charge in [0.2, 0.25) is 0 Å². The Balaban J connectivity index is 2.12. The van der Waals surface area contributed by atoms with Crippen molar-refractivity contribution < 1.29 is 19.2 Å². The van der Waals surface area contributed by atoms with Crippen LogP contribution in [-0.4, -0.2) is 40.6 Å². The molecule has 22 heavy (non-hydrogen) atoms. The summed E-state index contributed by atoms with van der Waals surface area (Å²) in [6.07, 6.45) is 0. The van der Waals surface area contributed by atoms with Crippen molar-refractivity contribution in [3.63, 3.8) is 0 Å². The summed E-state index contributed by atoms with van der Waals surface area (Å²) < 4.78 is 5.16. The number of halogens is 1. The molecule has 1 N–H and O–H groups in total.